The third-order valence-corrected chi connectivity index (χ3v) is 4.68. The molecule has 19 heavy (non-hydrogen) atoms. The van der Waals surface area contributed by atoms with Crippen LogP contribution in [-0.4, -0.2) is 17.2 Å². The van der Waals surface area contributed by atoms with E-state index in [1.165, 1.54) is 4.88 Å². The SMILES string of the molecule is Cc1nnc(N(C)C(C)c2cccs2)c(CN)c1C. The van der Waals surface area contributed by atoms with Gasteiger partial charge in [0.25, 0.3) is 0 Å². The highest BCUT2D eigenvalue weighted by Gasteiger charge is 2.19. The van der Waals surface area contributed by atoms with Crippen LogP contribution < -0.4 is 10.6 Å². The van der Waals surface area contributed by atoms with Crippen LogP contribution in [0.1, 0.15) is 34.7 Å². The van der Waals surface area contributed by atoms with Crippen LogP contribution in [0.4, 0.5) is 5.82 Å². The summed E-state index contributed by atoms with van der Waals surface area (Å²) in [6, 6.07) is 4.48. The molecule has 2 N–H and O–H groups in total. The molecule has 0 aromatic carbocycles. The first-order valence-corrected chi connectivity index (χ1v) is 7.23. The third-order valence-electron chi connectivity index (χ3n) is 3.63. The van der Waals surface area contributed by atoms with Crippen molar-refractivity contribution in [3.63, 3.8) is 0 Å². The number of hydrogen-bond acceptors (Lipinski definition) is 5. The topological polar surface area (TPSA) is 55.0 Å². The average molecular weight is 276 g/mol. The summed E-state index contributed by atoms with van der Waals surface area (Å²) in [7, 11) is 2.04. The third kappa shape index (κ3) is 2.62. The standard InChI is InChI=1S/C14H20N4S/c1-9-10(2)16-17-14(12(9)8-15)18(4)11(3)13-6-5-7-19-13/h5-7,11H,8,15H2,1-4H3. The van der Waals surface area contributed by atoms with E-state index >= 15 is 0 Å². The zero-order valence-electron chi connectivity index (χ0n) is 11.8. The van der Waals surface area contributed by atoms with Gasteiger partial charge in [0.05, 0.1) is 11.7 Å². The zero-order chi connectivity index (χ0) is 14.0. The van der Waals surface area contributed by atoms with Gasteiger partial charge in [-0.15, -0.1) is 16.4 Å². The molecular formula is C14H20N4S. The van der Waals surface area contributed by atoms with Crippen molar-refractivity contribution in [1.82, 2.24) is 10.2 Å². The van der Waals surface area contributed by atoms with Gasteiger partial charge in [-0.1, -0.05) is 6.07 Å². The van der Waals surface area contributed by atoms with Crippen molar-refractivity contribution in [2.24, 2.45) is 5.73 Å². The molecule has 102 valence electrons. The van der Waals surface area contributed by atoms with Crippen LogP contribution in [-0.2, 0) is 6.54 Å². The summed E-state index contributed by atoms with van der Waals surface area (Å²) >= 11 is 1.75. The van der Waals surface area contributed by atoms with Crippen LogP contribution in [0.3, 0.4) is 0 Å². The molecule has 0 saturated carbocycles. The van der Waals surface area contributed by atoms with Crippen LogP contribution in [0.15, 0.2) is 17.5 Å². The van der Waals surface area contributed by atoms with E-state index in [9.17, 15) is 0 Å². The molecule has 0 saturated heterocycles. The van der Waals surface area contributed by atoms with Gasteiger partial charge < -0.3 is 10.6 Å². The Labute approximate surface area is 118 Å². The van der Waals surface area contributed by atoms with Gasteiger partial charge in [0.1, 0.15) is 0 Å². The smallest absolute Gasteiger partial charge is 0.156 e. The molecule has 0 bridgehead atoms. The maximum Gasteiger partial charge on any atom is 0.156 e. The summed E-state index contributed by atoms with van der Waals surface area (Å²) in [5.41, 5.74) is 9.05. The van der Waals surface area contributed by atoms with Gasteiger partial charge in [0, 0.05) is 24.0 Å². The van der Waals surface area contributed by atoms with E-state index in [4.69, 9.17) is 5.73 Å². The molecule has 2 rings (SSSR count). The number of nitrogens with zero attached hydrogens (tertiary/aromatic N) is 3. The van der Waals surface area contributed by atoms with Gasteiger partial charge >= 0.3 is 0 Å². The maximum atomic E-state index is 5.89. The lowest BCUT2D eigenvalue weighted by Crippen LogP contribution is -2.25. The second-order valence-electron chi connectivity index (χ2n) is 4.72. The summed E-state index contributed by atoms with van der Waals surface area (Å²) < 4.78 is 0. The molecule has 2 aromatic rings. The Morgan fingerprint density at radius 1 is 1.37 bits per heavy atom. The Morgan fingerprint density at radius 2 is 2.11 bits per heavy atom. The van der Waals surface area contributed by atoms with E-state index in [1.54, 1.807) is 11.3 Å². The van der Waals surface area contributed by atoms with Gasteiger partial charge in [-0.05, 0) is 37.8 Å². The maximum absolute atomic E-state index is 5.89. The second kappa shape index (κ2) is 5.67. The van der Waals surface area contributed by atoms with E-state index in [0.717, 1.165) is 22.6 Å². The van der Waals surface area contributed by atoms with Crippen LogP contribution in [0.25, 0.3) is 0 Å². The van der Waals surface area contributed by atoms with Gasteiger partial charge in [-0.2, -0.15) is 5.10 Å². The minimum absolute atomic E-state index is 0.265. The fourth-order valence-corrected chi connectivity index (χ4v) is 2.90. The monoisotopic (exact) mass is 276 g/mol. The fourth-order valence-electron chi connectivity index (χ4n) is 2.07. The summed E-state index contributed by atoms with van der Waals surface area (Å²) in [4.78, 5) is 3.46. The summed E-state index contributed by atoms with van der Waals surface area (Å²) in [5, 5.41) is 10.7. The van der Waals surface area contributed by atoms with Crippen molar-refractivity contribution in [1.29, 1.82) is 0 Å². The molecule has 0 radical (unpaired) electrons. The highest BCUT2D eigenvalue weighted by atomic mass is 32.1. The number of thiophene rings is 1. The van der Waals surface area contributed by atoms with Crippen LogP contribution in [0.5, 0.6) is 0 Å². The van der Waals surface area contributed by atoms with E-state index in [-0.39, 0.29) is 6.04 Å². The Bertz CT molecular complexity index is 551. The van der Waals surface area contributed by atoms with E-state index in [2.05, 4.69) is 46.5 Å². The number of hydrogen-bond donors (Lipinski definition) is 1. The molecule has 0 spiro atoms. The summed E-state index contributed by atoms with van der Waals surface area (Å²) in [6.07, 6.45) is 0. The molecule has 2 aromatic heterocycles. The second-order valence-corrected chi connectivity index (χ2v) is 5.70. The lowest BCUT2D eigenvalue weighted by molar-refractivity contribution is 0.719. The van der Waals surface area contributed by atoms with Crippen LogP contribution in [0.2, 0.25) is 0 Å². The molecule has 0 fully saturated rings. The molecule has 2 heterocycles. The molecule has 0 aliphatic carbocycles. The summed E-state index contributed by atoms with van der Waals surface area (Å²) in [6.45, 7) is 6.68. The first-order valence-electron chi connectivity index (χ1n) is 6.35. The Morgan fingerprint density at radius 3 is 2.68 bits per heavy atom. The largest absolute Gasteiger partial charge is 0.350 e. The Hall–Kier alpha value is -1.46. The lowest BCUT2D eigenvalue weighted by atomic mass is 10.1. The highest BCUT2D eigenvalue weighted by Crippen LogP contribution is 2.30. The number of aromatic nitrogens is 2. The minimum atomic E-state index is 0.265. The van der Waals surface area contributed by atoms with E-state index in [1.807, 2.05) is 14.0 Å². The number of rotatable bonds is 4. The van der Waals surface area contributed by atoms with Crippen LogP contribution in [0, 0.1) is 13.8 Å². The number of anilines is 1. The van der Waals surface area contributed by atoms with Gasteiger partial charge in [-0.3, -0.25) is 0 Å². The Balaban J connectivity index is 2.39. The van der Waals surface area contributed by atoms with E-state index in [0.29, 0.717) is 6.54 Å². The van der Waals surface area contributed by atoms with Gasteiger partial charge in [0.15, 0.2) is 5.82 Å². The molecule has 0 aliphatic rings. The normalized spacial score (nSPS) is 12.5. The van der Waals surface area contributed by atoms with E-state index < -0.39 is 0 Å². The molecule has 1 atom stereocenters. The van der Waals surface area contributed by atoms with Crippen molar-refractivity contribution in [3.8, 4) is 0 Å². The van der Waals surface area contributed by atoms with Crippen LogP contribution >= 0.6 is 11.3 Å². The van der Waals surface area contributed by atoms with Crippen molar-refractivity contribution >= 4 is 17.2 Å². The quantitative estimate of drug-likeness (QED) is 0.933. The highest BCUT2D eigenvalue weighted by molar-refractivity contribution is 7.10. The Kier molecular flexibility index (Phi) is 4.17. The predicted molar refractivity (Wildman–Crippen MR) is 80.5 cm³/mol. The average Bonchev–Trinajstić information content (AvgIpc) is 2.94. The molecule has 1 unspecified atom stereocenters. The summed E-state index contributed by atoms with van der Waals surface area (Å²) in [5.74, 6) is 0.881. The molecule has 0 aliphatic heterocycles. The molecule has 0 amide bonds. The molecule has 4 nitrogen and oxygen atoms in total. The fraction of sp³-hybridized carbons (Fsp3) is 0.429. The molecular weight excluding hydrogens is 256 g/mol. The van der Waals surface area contributed by atoms with Crippen molar-refractivity contribution < 1.29 is 0 Å². The first kappa shape index (κ1) is 14.0. The van der Waals surface area contributed by atoms with Gasteiger partial charge in [-0.25, -0.2) is 0 Å². The number of aryl methyl sites for hydroxylation is 1. The van der Waals surface area contributed by atoms with Crippen molar-refractivity contribution in [3.05, 3.63) is 39.2 Å². The van der Waals surface area contributed by atoms with Gasteiger partial charge in [0.2, 0.25) is 0 Å². The zero-order valence-corrected chi connectivity index (χ0v) is 12.7. The minimum Gasteiger partial charge on any atom is -0.350 e. The van der Waals surface area contributed by atoms with Crippen molar-refractivity contribution in [2.45, 2.75) is 33.4 Å². The predicted octanol–water partition coefficient (Wildman–Crippen LogP) is 2.81. The number of nitrogens with two attached hydrogens (primary N) is 1. The first-order chi connectivity index (χ1) is 9.06. The molecule has 5 heteroatoms. The lowest BCUT2D eigenvalue weighted by Gasteiger charge is -2.27. The van der Waals surface area contributed by atoms with Crippen molar-refractivity contribution in [2.75, 3.05) is 11.9 Å².